The van der Waals surface area contributed by atoms with Crippen molar-refractivity contribution >= 4 is 101 Å². The van der Waals surface area contributed by atoms with Crippen LogP contribution < -0.4 is 0 Å². The van der Waals surface area contributed by atoms with Crippen LogP contribution in [0.1, 0.15) is 94.5 Å². The van der Waals surface area contributed by atoms with Gasteiger partial charge in [0, 0.05) is 123 Å². The predicted molar refractivity (Wildman–Crippen MR) is 416 cm³/mol. The molecule has 0 saturated carbocycles. The molecule has 0 radical (unpaired) electrons. The number of nitrogens with one attached hydrogen (secondary N) is 3. The minimum atomic E-state index is 0.763. The summed E-state index contributed by atoms with van der Waals surface area (Å²) in [5.74, 6) is 1.62. The molecule has 13 heteroatoms. The van der Waals surface area contributed by atoms with Crippen LogP contribution in [0.25, 0.3) is 94.7 Å². The van der Waals surface area contributed by atoms with Crippen molar-refractivity contribution in [3.05, 3.63) is 310 Å². The fraction of sp³-hybridized carbons (Fsp3) is 0.140. The van der Waals surface area contributed by atoms with Crippen LogP contribution in [-0.2, 0) is 0 Å². The van der Waals surface area contributed by atoms with E-state index in [0.717, 1.165) is 136 Å². The molecule has 3 aliphatic heterocycles. The van der Waals surface area contributed by atoms with E-state index in [2.05, 4.69) is 229 Å². The maximum atomic E-state index is 4.76. The Kier molecular flexibility index (Phi) is 20.4. The molecule has 14 aromatic rings. The van der Waals surface area contributed by atoms with Gasteiger partial charge in [0.25, 0.3) is 0 Å². The fourth-order valence-corrected chi connectivity index (χ4v) is 11.9. The maximum absolute atomic E-state index is 4.76. The zero-order valence-corrected chi connectivity index (χ0v) is 58.1. The number of amidine groups is 1. The summed E-state index contributed by atoms with van der Waals surface area (Å²) in [7, 11) is 0. The molecule has 0 atom stereocenters. The van der Waals surface area contributed by atoms with E-state index < -0.39 is 0 Å². The van der Waals surface area contributed by atoms with E-state index in [9.17, 15) is 0 Å². The van der Waals surface area contributed by atoms with Crippen LogP contribution >= 0.6 is 0 Å². The number of hydrogen-bond acceptors (Lipinski definition) is 9. The van der Waals surface area contributed by atoms with Crippen LogP contribution in [0, 0.1) is 62.3 Å². The highest BCUT2D eigenvalue weighted by Gasteiger charge is 2.18. The number of aryl methyl sites for hydroxylation is 9. The van der Waals surface area contributed by atoms with E-state index in [-0.39, 0.29) is 0 Å². The van der Waals surface area contributed by atoms with Crippen molar-refractivity contribution in [1.82, 2.24) is 44.9 Å². The number of aromatic nitrogens is 9. The molecule has 99 heavy (non-hydrogen) atoms. The van der Waals surface area contributed by atoms with Crippen LogP contribution in [-0.4, -0.2) is 67.8 Å². The van der Waals surface area contributed by atoms with Crippen LogP contribution in [0.2, 0.25) is 0 Å². The van der Waals surface area contributed by atoms with Crippen LogP contribution in [0.4, 0.5) is 5.82 Å². The summed E-state index contributed by atoms with van der Waals surface area (Å²) in [6, 6.07) is 70.3. The lowest BCUT2D eigenvalue weighted by atomic mass is 10.0. The average molecular weight is 1290 g/mol. The topological polar surface area (TPSA) is 174 Å². The number of benzene rings is 5. The van der Waals surface area contributed by atoms with Crippen molar-refractivity contribution in [1.29, 1.82) is 0 Å². The van der Waals surface area contributed by atoms with Gasteiger partial charge < -0.3 is 15.0 Å². The van der Waals surface area contributed by atoms with E-state index >= 15 is 0 Å². The number of hydrogen-bond donors (Lipinski definition) is 3. The molecular formula is C86H79N13. The van der Waals surface area contributed by atoms with E-state index in [1.165, 1.54) is 54.8 Å². The van der Waals surface area contributed by atoms with Crippen LogP contribution in [0.5, 0.6) is 0 Å². The lowest BCUT2D eigenvalue weighted by molar-refractivity contribution is 1.15. The number of aromatic amines is 3. The minimum Gasteiger partial charge on any atom is -0.359 e. The van der Waals surface area contributed by atoms with Gasteiger partial charge in [0.15, 0.2) is 5.84 Å². The van der Waals surface area contributed by atoms with Gasteiger partial charge in [-0.15, -0.1) is 0 Å². The van der Waals surface area contributed by atoms with Crippen LogP contribution in [0.3, 0.4) is 0 Å². The number of fused-ring (bicyclic) bond motifs is 7. The smallest absolute Gasteiger partial charge is 0.154 e. The van der Waals surface area contributed by atoms with Gasteiger partial charge in [-0.3, -0.25) is 39.9 Å². The lowest BCUT2D eigenvalue weighted by Crippen LogP contribution is -1.94. The Hall–Kier alpha value is -12.2. The standard InChI is InChI=1S/C20H16N2.C19H16N2.C14H12N2.C12H12N2.C11H12N2.C10H11N3/c1-13-17-9-5-3-7-15(17)11-19(21-13)20-12-16-8-4-6-10-18(16)14(2)22-20;1-12-14-7-3-5-9-16(14)18(20-12)11-19-17-10-6-4-8-15(17)13(2)21-19;1-9-3-5-11-7-8-12-6-4-10(2)16-14(12)13(11)15-9;1-9-5-3-7-11(13-9)12-8-4-6-10(2)14-12;1-8-3-5-10(12-8)7-11-6-4-9(2)13-11;1-7-3-5-9(11-7)13-10-6-4-8(2)12-10/h3-12H,1-2H3;3-11,20H,1-2H3;3-8H,1-2H3;3-8H,1-2H3;3-7,12H,1-2H3;3-6,11H,1-2H3/b;;;;11-7-;. The number of pyridine rings is 6. The molecule has 488 valence electrons. The monoisotopic (exact) mass is 1290 g/mol. The molecule has 0 saturated heterocycles. The Bertz CT molecular complexity index is 5330. The molecular weight excluding hydrogens is 1220 g/mol. The first-order valence-corrected chi connectivity index (χ1v) is 33.2. The van der Waals surface area contributed by atoms with E-state index in [1.54, 1.807) is 0 Å². The summed E-state index contributed by atoms with van der Waals surface area (Å²) in [5, 5.41) is 9.63. The molecule has 0 fully saturated rings. The third-order valence-corrected chi connectivity index (χ3v) is 16.8. The molecule has 3 N–H and O–H groups in total. The molecule has 0 unspecified atom stereocenters. The summed E-state index contributed by atoms with van der Waals surface area (Å²) < 4.78 is 0. The van der Waals surface area contributed by atoms with Gasteiger partial charge in [0.1, 0.15) is 5.82 Å². The Labute approximate surface area is 578 Å². The van der Waals surface area contributed by atoms with Gasteiger partial charge in [-0.25, -0.2) is 9.98 Å². The van der Waals surface area contributed by atoms with Gasteiger partial charge in [-0.05, 0) is 203 Å². The SMILES string of the molecule is CC1=N/C(=C\c2ccc(C)[nH]2)C=C1.CC1=NC(=Cc2[nH]c(C)c3ccccc23)c2ccccc21.CC1=NC(=Nc2ccc(C)[nH]2)C=C1.Cc1ccc2ccc3ccc(C)nc3c2n1.Cc1cccc(-c2cccc(C)n2)n1.Cc1nc(-c2cc3ccccc3c(C)n2)cc2ccccc12. The number of aliphatic imine (C=N–C) groups is 4. The molecule has 0 aliphatic carbocycles. The van der Waals surface area contributed by atoms with Gasteiger partial charge in [-0.1, -0.05) is 133 Å². The van der Waals surface area contributed by atoms with Gasteiger partial charge in [-0.2, -0.15) is 0 Å². The molecule has 5 aromatic carbocycles. The molecule has 9 aromatic heterocycles. The Morgan fingerprint density at radius 2 is 0.848 bits per heavy atom. The Balaban J connectivity index is 0.000000114. The predicted octanol–water partition coefficient (Wildman–Crippen LogP) is 21.1. The minimum absolute atomic E-state index is 0.763. The average Bonchev–Trinajstić information content (AvgIpc) is 1.40. The number of H-pyrrole nitrogens is 3. The molecule has 13 nitrogen and oxygen atoms in total. The maximum Gasteiger partial charge on any atom is 0.154 e. The molecule has 0 spiro atoms. The van der Waals surface area contributed by atoms with E-state index in [1.807, 2.05) is 146 Å². The third-order valence-electron chi connectivity index (χ3n) is 16.8. The second kappa shape index (κ2) is 30.2. The molecule has 17 rings (SSSR count). The van der Waals surface area contributed by atoms with Gasteiger partial charge in [0.2, 0.25) is 0 Å². The summed E-state index contributed by atoms with van der Waals surface area (Å²) in [5.41, 5.74) is 25.3. The first-order valence-electron chi connectivity index (χ1n) is 33.2. The summed E-state index contributed by atoms with van der Waals surface area (Å²) in [4.78, 5) is 55.0. The van der Waals surface area contributed by atoms with Crippen molar-refractivity contribution in [2.45, 2.75) is 83.1 Å². The summed E-state index contributed by atoms with van der Waals surface area (Å²) in [6.45, 7) is 24.3. The first-order chi connectivity index (χ1) is 47.9. The van der Waals surface area contributed by atoms with Crippen LogP contribution in [0.15, 0.2) is 256 Å². The molecule has 0 amide bonds. The summed E-state index contributed by atoms with van der Waals surface area (Å²) in [6.07, 6.45) is 12.1. The number of nitrogens with zero attached hydrogens (tertiary/aromatic N) is 10. The molecule has 3 aliphatic rings. The first kappa shape index (κ1) is 66.8. The van der Waals surface area contributed by atoms with Crippen molar-refractivity contribution in [2.75, 3.05) is 0 Å². The van der Waals surface area contributed by atoms with Gasteiger partial charge in [0.05, 0.1) is 45.2 Å². The third kappa shape index (κ3) is 16.5. The highest BCUT2D eigenvalue weighted by molar-refractivity contribution is 6.15. The van der Waals surface area contributed by atoms with E-state index in [4.69, 9.17) is 15.0 Å². The largest absolute Gasteiger partial charge is 0.359 e. The number of rotatable bonds is 5. The fourth-order valence-electron chi connectivity index (χ4n) is 11.9. The summed E-state index contributed by atoms with van der Waals surface area (Å²) >= 11 is 0. The normalized spacial score (nSPS) is 13.8. The second-order valence-corrected chi connectivity index (χ2v) is 24.9. The van der Waals surface area contributed by atoms with Crippen molar-refractivity contribution in [3.8, 4) is 22.8 Å². The zero-order valence-electron chi connectivity index (χ0n) is 58.1. The zero-order chi connectivity index (χ0) is 69.1. The molecule has 12 heterocycles. The Morgan fingerprint density at radius 3 is 1.37 bits per heavy atom. The molecule has 0 bridgehead atoms. The van der Waals surface area contributed by atoms with E-state index in [0.29, 0.717) is 0 Å². The lowest BCUT2D eigenvalue weighted by Gasteiger charge is -2.09. The Morgan fingerprint density at radius 1 is 0.343 bits per heavy atom. The quantitative estimate of drug-likeness (QED) is 0.145. The second-order valence-electron chi connectivity index (χ2n) is 24.9. The van der Waals surface area contributed by atoms with Crippen molar-refractivity contribution in [2.24, 2.45) is 20.0 Å². The highest BCUT2D eigenvalue weighted by atomic mass is 15.0. The van der Waals surface area contributed by atoms with Crippen molar-refractivity contribution in [3.63, 3.8) is 0 Å². The van der Waals surface area contributed by atoms with Gasteiger partial charge >= 0.3 is 0 Å². The highest BCUT2D eigenvalue weighted by Crippen LogP contribution is 2.33. The van der Waals surface area contributed by atoms with Crippen molar-refractivity contribution < 1.29 is 0 Å². The number of allylic oxidation sites excluding steroid dienone is 3.